The molecule has 0 amide bonds. The third-order valence-electron chi connectivity index (χ3n) is 5.65. The molecule has 0 saturated heterocycles. The number of hydrogen-bond donors (Lipinski definition) is 1. The highest BCUT2D eigenvalue weighted by Gasteiger charge is 2.17. The first kappa shape index (κ1) is 27.4. The molecule has 2 aromatic carbocycles. The van der Waals surface area contributed by atoms with Crippen molar-refractivity contribution in [1.82, 2.24) is 4.90 Å². The lowest BCUT2D eigenvalue weighted by atomic mass is 10.0. The van der Waals surface area contributed by atoms with Gasteiger partial charge < -0.3 is 19.5 Å². The lowest BCUT2D eigenvalue weighted by Crippen LogP contribution is -2.35. The summed E-state index contributed by atoms with van der Waals surface area (Å²) in [6.07, 6.45) is 4.79. The number of benzene rings is 2. The summed E-state index contributed by atoms with van der Waals surface area (Å²) in [6.45, 7) is 3.01. The van der Waals surface area contributed by atoms with Crippen molar-refractivity contribution in [2.24, 2.45) is 0 Å². The average molecular weight is 470 g/mol. The zero-order chi connectivity index (χ0) is 24.8. The van der Waals surface area contributed by atoms with Gasteiger partial charge in [0.1, 0.15) is 18.5 Å². The van der Waals surface area contributed by atoms with Crippen LogP contribution in [0, 0.1) is 0 Å². The van der Waals surface area contributed by atoms with Crippen LogP contribution in [0.1, 0.15) is 55.7 Å². The molecule has 0 spiro atoms. The Hall–Kier alpha value is -2.86. The zero-order valence-corrected chi connectivity index (χ0v) is 20.8. The molecular weight excluding hydrogens is 430 g/mol. The van der Waals surface area contributed by atoms with Gasteiger partial charge in [0.05, 0.1) is 0 Å². The Bertz CT molecular complexity index is 879. The van der Waals surface area contributed by atoms with Crippen molar-refractivity contribution >= 4 is 11.9 Å². The molecule has 0 unspecified atom stereocenters. The Labute approximate surface area is 203 Å². The van der Waals surface area contributed by atoms with Crippen LogP contribution in [-0.4, -0.2) is 55.3 Å². The minimum absolute atomic E-state index is 0.135. The molecule has 0 aliphatic heterocycles. The van der Waals surface area contributed by atoms with Gasteiger partial charge in [0.25, 0.3) is 0 Å². The molecule has 6 nitrogen and oxygen atoms in total. The highest BCUT2D eigenvalue weighted by molar-refractivity contribution is 5.69. The number of carbonyl (C=O) groups is 2. The van der Waals surface area contributed by atoms with E-state index >= 15 is 0 Å². The van der Waals surface area contributed by atoms with Gasteiger partial charge in [-0.05, 0) is 69.0 Å². The lowest BCUT2D eigenvalue weighted by Gasteiger charge is -2.22. The second-order valence-corrected chi connectivity index (χ2v) is 8.92. The number of carboxylic acids is 1. The number of ether oxygens (including phenoxy) is 2. The van der Waals surface area contributed by atoms with Crippen LogP contribution in [0.3, 0.4) is 0 Å². The van der Waals surface area contributed by atoms with Gasteiger partial charge in [0, 0.05) is 19.4 Å². The minimum atomic E-state index is -0.805. The van der Waals surface area contributed by atoms with E-state index in [-0.39, 0.29) is 31.5 Å². The molecule has 1 N–H and O–H groups in total. The van der Waals surface area contributed by atoms with Crippen molar-refractivity contribution in [3.05, 3.63) is 65.2 Å². The van der Waals surface area contributed by atoms with Crippen LogP contribution >= 0.6 is 0 Å². The molecule has 0 heterocycles. The van der Waals surface area contributed by atoms with Gasteiger partial charge in [-0.15, -0.1) is 0 Å². The number of esters is 1. The van der Waals surface area contributed by atoms with E-state index in [1.807, 2.05) is 37.2 Å². The van der Waals surface area contributed by atoms with Crippen LogP contribution < -0.4 is 4.74 Å². The number of carbonyl (C=O) groups excluding carboxylic acids is 1. The first-order chi connectivity index (χ1) is 16.4. The number of likely N-dealkylation sites (N-methyl/N-ethyl adjacent to an activating group) is 1. The number of rotatable bonds is 16. The molecule has 0 radical (unpaired) electrons. The van der Waals surface area contributed by atoms with Crippen LogP contribution in [0.5, 0.6) is 5.75 Å². The summed E-state index contributed by atoms with van der Waals surface area (Å²) in [6, 6.07) is 16.8. The van der Waals surface area contributed by atoms with Gasteiger partial charge >= 0.3 is 11.9 Å². The van der Waals surface area contributed by atoms with E-state index in [2.05, 4.69) is 37.3 Å². The minimum Gasteiger partial charge on any atom is -0.489 e. The van der Waals surface area contributed by atoms with Gasteiger partial charge in [0.15, 0.2) is 0 Å². The van der Waals surface area contributed by atoms with Crippen LogP contribution in [-0.2, 0) is 33.6 Å². The topological polar surface area (TPSA) is 76.1 Å². The molecule has 0 aliphatic rings. The van der Waals surface area contributed by atoms with E-state index < -0.39 is 5.97 Å². The smallest absolute Gasteiger partial charge is 0.306 e. The van der Waals surface area contributed by atoms with Crippen molar-refractivity contribution in [2.45, 2.75) is 64.4 Å². The summed E-state index contributed by atoms with van der Waals surface area (Å²) >= 11 is 0. The predicted octanol–water partition coefficient (Wildman–Crippen LogP) is 4.92. The molecule has 2 rings (SSSR count). The number of para-hydroxylation sites is 1. The summed E-state index contributed by atoms with van der Waals surface area (Å²) < 4.78 is 11.8. The molecule has 0 saturated carbocycles. The second kappa shape index (κ2) is 15.1. The van der Waals surface area contributed by atoms with E-state index in [0.29, 0.717) is 25.8 Å². The SMILES string of the molecule is CCc1ccc(CCc2ccccc2OC[C@@H](CN(C)C)OC(=O)CCCCCC(=O)O)cc1. The Morgan fingerprint density at radius 3 is 2.26 bits per heavy atom. The molecule has 1 atom stereocenters. The summed E-state index contributed by atoms with van der Waals surface area (Å²) in [4.78, 5) is 24.9. The number of hydrogen-bond acceptors (Lipinski definition) is 5. The molecule has 0 aromatic heterocycles. The Morgan fingerprint density at radius 1 is 0.912 bits per heavy atom. The van der Waals surface area contributed by atoms with Crippen LogP contribution in [0.15, 0.2) is 48.5 Å². The second-order valence-electron chi connectivity index (χ2n) is 8.92. The van der Waals surface area contributed by atoms with Gasteiger partial charge in [-0.1, -0.05) is 55.8 Å². The summed E-state index contributed by atoms with van der Waals surface area (Å²) in [5.74, 6) is -0.254. The molecule has 0 fully saturated rings. The number of carboxylic acid groups (broad SMARTS) is 1. The highest BCUT2D eigenvalue weighted by atomic mass is 16.6. The van der Waals surface area contributed by atoms with Gasteiger partial charge in [-0.2, -0.15) is 0 Å². The Morgan fingerprint density at radius 2 is 1.59 bits per heavy atom. The van der Waals surface area contributed by atoms with E-state index in [1.165, 1.54) is 11.1 Å². The van der Waals surface area contributed by atoms with Gasteiger partial charge in [-0.3, -0.25) is 9.59 Å². The zero-order valence-electron chi connectivity index (χ0n) is 20.8. The third kappa shape index (κ3) is 10.8. The number of nitrogens with zero attached hydrogens (tertiary/aromatic N) is 1. The molecule has 6 heteroatoms. The van der Waals surface area contributed by atoms with Crippen molar-refractivity contribution in [3.8, 4) is 5.75 Å². The van der Waals surface area contributed by atoms with Crippen LogP contribution in [0.25, 0.3) is 0 Å². The molecule has 34 heavy (non-hydrogen) atoms. The largest absolute Gasteiger partial charge is 0.489 e. The first-order valence-corrected chi connectivity index (χ1v) is 12.2. The molecular formula is C28H39NO5. The monoisotopic (exact) mass is 469 g/mol. The fraction of sp³-hybridized carbons (Fsp3) is 0.500. The number of unbranched alkanes of at least 4 members (excludes halogenated alkanes) is 2. The summed E-state index contributed by atoms with van der Waals surface area (Å²) in [5.41, 5.74) is 3.78. The summed E-state index contributed by atoms with van der Waals surface area (Å²) in [5, 5.41) is 8.70. The third-order valence-corrected chi connectivity index (χ3v) is 5.65. The fourth-order valence-corrected chi connectivity index (χ4v) is 3.75. The Kier molecular flexibility index (Phi) is 12.2. The first-order valence-electron chi connectivity index (χ1n) is 12.2. The van der Waals surface area contributed by atoms with Crippen molar-refractivity contribution in [2.75, 3.05) is 27.2 Å². The van der Waals surface area contributed by atoms with Crippen molar-refractivity contribution in [1.29, 1.82) is 0 Å². The lowest BCUT2D eigenvalue weighted by molar-refractivity contribution is -0.151. The maximum atomic E-state index is 12.3. The molecule has 2 aromatic rings. The maximum absolute atomic E-state index is 12.3. The van der Waals surface area contributed by atoms with Crippen molar-refractivity contribution in [3.63, 3.8) is 0 Å². The van der Waals surface area contributed by atoms with Gasteiger partial charge in [0.2, 0.25) is 0 Å². The molecule has 0 bridgehead atoms. The standard InChI is InChI=1S/C28H39NO5/c1-4-22-14-16-23(17-15-22)18-19-24-10-8-9-11-26(24)33-21-25(20-29(2)3)34-28(32)13-7-5-6-12-27(30)31/h8-11,14-17,25H,4-7,12-13,18-21H2,1-3H3,(H,30,31)/t25-/m1/s1. The Balaban J connectivity index is 1.87. The van der Waals surface area contributed by atoms with E-state index in [9.17, 15) is 9.59 Å². The number of aryl methyl sites for hydroxylation is 3. The van der Waals surface area contributed by atoms with E-state index in [4.69, 9.17) is 14.6 Å². The average Bonchev–Trinajstić information content (AvgIpc) is 2.81. The van der Waals surface area contributed by atoms with E-state index in [0.717, 1.165) is 30.6 Å². The highest BCUT2D eigenvalue weighted by Crippen LogP contribution is 2.21. The van der Waals surface area contributed by atoms with E-state index in [1.54, 1.807) is 0 Å². The van der Waals surface area contributed by atoms with Crippen molar-refractivity contribution < 1.29 is 24.2 Å². The molecule has 0 aliphatic carbocycles. The predicted molar refractivity (Wildman–Crippen MR) is 134 cm³/mol. The maximum Gasteiger partial charge on any atom is 0.306 e. The van der Waals surface area contributed by atoms with Gasteiger partial charge in [-0.25, -0.2) is 0 Å². The summed E-state index contributed by atoms with van der Waals surface area (Å²) in [7, 11) is 3.87. The fourth-order valence-electron chi connectivity index (χ4n) is 3.75. The van der Waals surface area contributed by atoms with Crippen LogP contribution in [0.4, 0.5) is 0 Å². The number of aliphatic carboxylic acids is 1. The normalized spacial score (nSPS) is 11.9. The molecule has 186 valence electrons. The quantitative estimate of drug-likeness (QED) is 0.278. The van der Waals surface area contributed by atoms with Crippen LogP contribution in [0.2, 0.25) is 0 Å².